The number of rotatable bonds is 8. The molecule has 0 N–H and O–H groups in total. The Morgan fingerprint density at radius 2 is 1.72 bits per heavy atom. The fourth-order valence-corrected chi connectivity index (χ4v) is 4.07. The number of carbonyl (C=O) groups excluding carboxylic acids is 2. The number of carbonyl (C=O) groups is 2. The molecule has 1 aromatic heterocycles. The molecule has 0 atom stereocenters. The number of anilines is 1. The molecule has 172 valence electrons. The second-order valence-electron chi connectivity index (χ2n) is 7.85. The lowest BCUT2D eigenvalue weighted by atomic mass is 10.0. The Morgan fingerprint density at radius 3 is 2.34 bits per heavy atom. The largest absolute Gasteiger partial charge is 0.466 e. The first kappa shape index (κ1) is 24.0. The molecule has 0 unspecified atom stereocenters. The van der Waals surface area contributed by atoms with Crippen LogP contribution in [0, 0.1) is 6.92 Å². The number of esters is 1. The van der Waals surface area contributed by atoms with Gasteiger partial charge in [0.15, 0.2) is 0 Å². The third-order valence-corrected chi connectivity index (χ3v) is 5.84. The molecule has 2 aromatic rings. The second kappa shape index (κ2) is 11.3. The first-order valence-corrected chi connectivity index (χ1v) is 11.6. The molecule has 0 spiro atoms. The average molecular weight is 459 g/mol. The number of aromatic nitrogens is 2. The zero-order valence-corrected chi connectivity index (χ0v) is 19.8. The van der Waals surface area contributed by atoms with Gasteiger partial charge in [-0.25, -0.2) is 9.97 Å². The fraction of sp³-hybridized carbons (Fsp3) is 0.500. The monoisotopic (exact) mass is 458 g/mol. The zero-order valence-electron chi connectivity index (χ0n) is 19.1. The van der Waals surface area contributed by atoms with Crippen LogP contribution in [0.4, 0.5) is 5.82 Å². The molecule has 1 aliphatic heterocycles. The summed E-state index contributed by atoms with van der Waals surface area (Å²) in [4.78, 5) is 37.6. The molecule has 1 fully saturated rings. The summed E-state index contributed by atoms with van der Waals surface area (Å²) in [5, 5.41) is 0.716. The molecule has 0 saturated carbocycles. The van der Waals surface area contributed by atoms with E-state index >= 15 is 0 Å². The summed E-state index contributed by atoms with van der Waals surface area (Å²) in [6.45, 7) is 8.72. The van der Waals surface area contributed by atoms with Crippen LogP contribution in [0.1, 0.15) is 49.3 Å². The van der Waals surface area contributed by atoms with E-state index in [9.17, 15) is 9.59 Å². The molecular formula is C24H31ClN4O3. The van der Waals surface area contributed by atoms with E-state index in [-0.39, 0.29) is 24.7 Å². The maximum Gasteiger partial charge on any atom is 0.306 e. The maximum atomic E-state index is 12.5. The van der Waals surface area contributed by atoms with Gasteiger partial charge in [-0.15, -0.1) is 0 Å². The quantitative estimate of drug-likeness (QED) is 0.563. The second-order valence-corrected chi connectivity index (χ2v) is 8.29. The normalized spacial score (nSPS) is 13.9. The summed E-state index contributed by atoms with van der Waals surface area (Å²) in [5.41, 5.74) is 3.34. The van der Waals surface area contributed by atoms with Crippen LogP contribution >= 0.6 is 11.6 Å². The summed E-state index contributed by atoms with van der Waals surface area (Å²) >= 11 is 6.05. The smallest absolute Gasteiger partial charge is 0.306 e. The van der Waals surface area contributed by atoms with Crippen LogP contribution < -0.4 is 4.90 Å². The summed E-state index contributed by atoms with van der Waals surface area (Å²) in [6, 6.07) is 7.87. The Balaban J connectivity index is 1.71. The van der Waals surface area contributed by atoms with Crippen LogP contribution in [0.2, 0.25) is 5.02 Å². The molecule has 1 amide bonds. The van der Waals surface area contributed by atoms with Gasteiger partial charge in [0.1, 0.15) is 11.6 Å². The van der Waals surface area contributed by atoms with Crippen molar-refractivity contribution in [2.75, 3.05) is 37.7 Å². The van der Waals surface area contributed by atoms with Crippen LogP contribution in [-0.4, -0.2) is 59.5 Å². The highest BCUT2D eigenvalue weighted by molar-refractivity contribution is 6.30. The van der Waals surface area contributed by atoms with Crippen molar-refractivity contribution >= 4 is 29.3 Å². The van der Waals surface area contributed by atoms with Gasteiger partial charge >= 0.3 is 5.97 Å². The van der Waals surface area contributed by atoms with Crippen LogP contribution in [0.5, 0.6) is 0 Å². The van der Waals surface area contributed by atoms with E-state index < -0.39 is 0 Å². The van der Waals surface area contributed by atoms with Crippen molar-refractivity contribution < 1.29 is 14.3 Å². The Morgan fingerprint density at radius 1 is 1.03 bits per heavy atom. The highest BCUT2D eigenvalue weighted by atomic mass is 35.5. The molecule has 3 rings (SSSR count). The van der Waals surface area contributed by atoms with E-state index in [1.807, 2.05) is 36.1 Å². The maximum absolute atomic E-state index is 12.5. The third kappa shape index (κ3) is 6.19. The van der Waals surface area contributed by atoms with Gasteiger partial charge in [0.2, 0.25) is 5.91 Å². The van der Waals surface area contributed by atoms with E-state index in [0.29, 0.717) is 37.8 Å². The van der Waals surface area contributed by atoms with Gasteiger partial charge in [0, 0.05) is 55.3 Å². The minimum atomic E-state index is -0.324. The number of ether oxygens (including phenoxy) is 1. The van der Waals surface area contributed by atoms with Gasteiger partial charge in [0.05, 0.1) is 13.0 Å². The topological polar surface area (TPSA) is 75.6 Å². The number of hydrogen-bond donors (Lipinski definition) is 0. The number of nitrogens with zero attached hydrogens (tertiary/aromatic N) is 4. The van der Waals surface area contributed by atoms with E-state index in [0.717, 1.165) is 41.3 Å². The van der Waals surface area contributed by atoms with E-state index in [2.05, 4.69) is 16.8 Å². The zero-order chi connectivity index (χ0) is 23.1. The number of benzene rings is 1. The predicted octanol–water partition coefficient (Wildman–Crippen LogP) is 3.58. The van der Waals surface area contributed by atoms with Gasteiger partial charge < -0.3 is 14.5 Å². The predicted molar refractivity (Wildman–Crippen MR) is 125 cm³/mol. The number of amides is 1. The lowest BCUT2D eigenvalue weighted by Crippen LogP contribution is -2.49. The van der Waals surface area contributed by atoms with Gasteiger partial charge in [-0.3, -0.25) is 9.59 Å². The van der Waals surface area contributed by atoms with Gasteiger partial charge in [0.25, 0.3) is 0 Å². The molecule has 1 aromatic carbocycles. The Kier molecular flexibility index (Phi) is 8.45. The SMILES string of the molecule is CCOC(=O)CCC(=O)N1CCN(c2nc(C)nc(CC)c2Cc2ccc(Cl)cc2)CC1. The first-order valence-electron chi connectivity index (χ1n) is 11.2. The standard InChI is InChI=1S/C24H31ClN4O3/c1-4-21-20(16-18-6-8-19(25)9-7-18)24(27-17(3)26-21)29-14-12-28(13-15-29)22(30)10-11-23(31)32-5-2/h6-9H,4-5,10-16H2,1-3H3. The highest BCUT2D eigenvalue weighted by Gasteiger charge is 2.25. The third-order valence-electron chi connectivity index (χ3n) is 5.59. The Labute approximate surface area is 194 Å². The number of halogens is 1. The van der Waals surface area contributed by atoms with E-state index in [4.69, 9.17) is 21.3 Å². The molecular weight excluding hydrogens is 428 g/mol. The lowest BCUT2D eigenvalue weighted by molar-refractivity contribution is -0.145. The van der Waals surface area contributed by atoms with Crippen molar-refractivity contribution in [1.82, 2.24) is 14.9 Å². The number of hydrogen-bond acceptors (Lipinski definition) is 6. The first-order chi connectivity index (χ1) is 15.4. The molecule has 0 aliphatic carbocycles. The Hall–Kier alpha value is -2.67. The van der Waals surface area contributed by atoms with Gasteiger partial charge in [-0.05, 0) is 38.0 Å². The van der Waals surface area contributed by atoms with Gasteiger partial charge in [-0.1, -0.05) is 30.7 Å². The van der Waals surface area contributed by atoms with Gasteiger partial charge in [-0.2, -0.15) is 0 Å². The van der Waals surface area contributed by atoms with E-state index in [1.54, 1.807) is 6.92 Å². The van der Waals surface area contributed by atoms with Crippen LogP contribution in [0.25, 0.3) is 0 Å². The fourth-order valence-electron chi connectivity index (χ4n) is 3.95. The molecule has 7 nitrogen and oxygen atoms in total. The van der Waals surface area contributed by atoms with Crippen LogP contribution in [0.15, 0.2) is 24.3 Å². The lowest BCUT2D eigenvalue weighted by Gasteiger charge is -2.36. The average Bonchev–Trinajstić information content (AvgIpc) is 2.80. The summed E-state index contributed by atoms with van der Waals surface area (Å²) in [6.07, 6.45) is 1.87. The minimum Gasteiger partial charge on any atom is -0.466 e. The molecule has 32 heavy (non-hydrogen) atoms. The van der Waals surface area contributed by atoms with Crippen molar-refractivity contribution in [1.29, 1.82) is 0 Å². The van der Waals surface area contributed by atoms with Crippen molar-refractivity contribution in [3.63, 3.8) is 0 Å². The van der Waals surface area contributed by atoms with Crippen LogP contribution in [-0.2, 0) is 27.2 Å². The Bertz CT molecular complexity index is 941. The van der Waals surface area contributed by atoms with Crippen LogP contribution in [0.3, 0.4) is 0 Å². The van der Waals surface area contributed by atoms with Crippen molar-refractivity contribution in [2.24, 2.45) is 0 Å². The molecule has 1 saturated heterocycles. The highest BCUT2D eigenvalue weighted by Crippen LogP contribution is 2.26. The minimum absolute atomic E-state index is 0.00722. The number of piperazine rings is 1. The van der Waals surface area contributed by atoms with E-state index in [1.165, 1.54) is 0 Å². The van der Waals surface area contributed by atoms with Crippen molar-refractivity contribution in [2.45, 2.75) is 46.5 Å². The summed E-state index contributed by atoms with van der Waals surface area (Å²) in [7, 11) is 0. The van der Waals surface area contributed by atoms with Crippen molar-refractivity contribution in [3.8, 4) is 0 Å². The summed E-state index contributed by atoms with van der Waals surface area (Å²) < 4.78 is 4.92. The van der Waals surface area contributed by atoms with Crippen molar-refractivity contribution in [3.05, 3.63) is 51.9 Å². The molecule has 0 radical (unpaired) electrons. The molecule has 8 heteroatoms. The molecule has 1 aliphatic rings. The number of aryl methyl sites for hydroxylation is 2. The summed E-state index contributed by atoms with van der Waals surface area (Å²) in [5.74, 6) is 1.37. The molecule has 0 bridgehead atoms. The molecule has 2 heterocycles.